The highest BCUT2D eigenvalue weighted by atomic mass is 14.8. The largest absolute Gasteiger partial charge is 0.251 e. The van der Waals surface area contributed by atoms with Crippen LogP contribution in [0.4, 0.5) is 0 Å². The minimum absolute atomic E-state index is 0.181. The maximum atomic E-state index is 5.07. The summed E-state index contributed by atoms with van der Waals surface area (Å²) in [5.41, 5.74) is 12.2. The first-order chi connectivity index (χ1) is 21.8. The Morgan fingerprint density at radius 2 is 0.667 bits per heavy atom. The summed E-state index contributed by atoms with van der Waals surface area (Å²) in [6.45, 7) is 8.60. The second-order valence-electron chi connectivity index (χ2n) is 12.5. The Kier molecular flexibility index (Phi) is 6.21. The summed E-state index contributed by atoms with van der Waals surface area (Å²) in [7, 11) is 0. The van der Waals surface area contributed by atoms with Gasteiger partial charge >= 0.3 is 0 Å². The Balaban J connectivity index is 1.09. The van der Waals surface area contributed by atoms with E-state index in [0.29, 0.717) is 0 Å². The van der Waals surface area contributed by atoms with Crippen LogP contribution in [0.5, 0.6) is 0 Å². The lowest BCUT2D eigenvalue weighted by atomic mass is 9.77. The molecule has 0 atom stereocenters. The first-order valence-corrected chi connectivity index (χ1v) is 15.4. The van der Waals surface area contributed by atoms with Gasteiger partial charge in [0.05, 0.1) is 33.5 Å². The van der Waals surface area contributed by atoms with Crippen LogP contribution in [-0.2, 0) is 5.41 Å². The predicted molar refractivity (Wildman–Crippen MR) is 187 cm³/mol. The molecule has 0 bridgehead atoms. The van der Waals surface area contributed by atoms with Gasteiger partial charge in [-0.1, -0.05) is 111 Å². The minimum atomic E-state index is -0.181. The standard InChI is InChI=1S/C41H32N4/c1-25-5-7-29-9-11-31-17-23-35(44-39(31)37(29)42-25)27-13-19-33(20-14-27)41(3,4)34-21-15-28(16-22-34)36-24-18-32-12-10-30-8-6-26(2)43-38(30)40(32)45-36/h5-24H,1-4H3. The van der Waals surface area contributed by atoms with Gasteiger partial charge in [-0.15, -0.1) is 0 Å². The van der Waals surface area contributed by atoms with E-state index in [2.05, 4.69) is 123 Å². The zero-order valence-corrected chi connectivity index (χ0v) is 25.8. The highest BCUT2D eigenvalue weighted by Crippen LogP contribution is 2.35. The summed E-state index contributed by atoms with van der Waals surface area (Å²) >= 11 is 0. The van der Waals surface area contributed by atoms with E-state index in [1.807, 2.05) is 26.0 Å². The Hall–Kier alpha value is -5.48. The smallest absolute Gasteiger partial charge is 0.0972 e. The van der Waals surface area contributed by atoms with Crippen LogP contribution in [-0.4, -0.2) is 19.9 Å². The van der Waals surface area contributed by atoms with E-state index in [0.717, 1.165) is 77.5 Å². The van der Waals surface area contributed by atoms with E-state index in [1.54, 1.807) is 0 Å². The van der Waals surface area contributed by atoms with Gasteiger partial charge in [0, 0.05) is 49.5 Å². The zero-order valence-electron chi connectivity index (χ0n) is 25.8. The molecule has 4 aromatic carbocycles. The van der Waals surface area contributed by atoms with E-state index in [-0.39, 0.29) is 5.41 Å². The molecule has 0 aliphatic heterocycles. The van der Waals surface area contributed by atoms with Gasteiger partial charge in [0.2, 0.25) is 0 Å². The molecular formula is C41H32N4. The van der Waals surface area contributed by atoms with Crippen molar-refractivity contribution in [3.63, 3.8) is 0 Å². The van der Waals surface area contributed by atoms with Crippen LogP contribution in [0, 0.1) is 13.8 Å². The maximum absolute atomic E-state index is 5.07. The third-order valence-corrected chi connectivity index (χ3v) is 9.12. The van der Waals surface area contributed by atoms with Crippen LogP contribution >= 0.6 is 0 Å². The Labute approximate surface area is 262 Å². The second kappa shape index (κ2) is 10.3. The molecule has 4 aromatic heterocycles. The van der Waals surface area contributed by atoms with Crippen LogP contribution in [0.3, 0.4) is 0 Å². The fourth-order valence-electron chi connectivity index (χ4n) is 6.33. The number of fused-ring (bicyclic) bond motifs is 6. The molecule has 4 heteroatoms. The number of aryl methyl sites for hydroxylation is 2. The van der Waals surface area contributed by atoms with Crippen LogP contribution in [0.2, 0.25) is 0 Å². The molecule has 216 valence electrons. The van der Waals surface area contributed by atoms with Crippen molar-refractivity contribution in [2.24, 2.45) is 0 Å². The molecule has 0 radical (unpaired) electrons. The van der Waals surface area contributed by atoms with E-state index in [1.165, 1.54) is 11.1 Å². The number of benzene rings is 4. The molecule has 0 N–H and O–H groups in total. The van der Waals surface area contributed by atoms with Crippen LogP contribution in [0.15, 0.2) is 121 Å². The minimum Gasteiger partial charge on any atom is -0.251 e. The topological polar surface area (TPSA) is 51.6 Å². The fraction of sp³-hybridized carbons (Fsp3) is 0.122. The first-order valence-electron chi connectivity index (χ1n) is 15.4. The molecule has 0 spiro atoms. The number of pyridine rings is 4. The molecule has 0 fully saturated rings. The highest BCUT2D eigenvalue weighted by molar-refractivity contribution is 6.04. The van der Waals surface area contributed by atoms with Crippen molar-refractivity contribution in [2.45, 2.75) is 33.1 Å². The van der Waals surface area contributed by atoms with Gasteiger partial charge in [0.15, 0.2) is 0 Å². The number of aromatic nitrogens is 4. The first kappa shape index (κ1) is 27.1. The molecule has 0 amide bonds. The number of nitrogens with zero attached hydrogens (tertiary/aromatic N) is 4. The van der Waals surface area contributed by atoms with Crippen molar-refractivity contribution in [1.82, 2.24) is 19.9 Å². The molecule has 8 rings (SSSR count). The molecular weight excluding hydrogens is 548 g/mol. The molecule has 0 saturated heterocycles. The second-order valence-corrected chi connectivity index (χ2v) is 12.5. The molecule has 0 saturated carbocycles. The van der Waals surface area contributed by atoms with Gasteiger partial charge in [-0.2, -0.15) is 0 Å². The number of hydrogen-bond donors (Lipinski definition) is 0. The van der Waals surface area contributed by atoms with Crippen molar-refractivity contribution < 1.29 is 0 Å². The van der Waals surface area contributed by atoms with Crippen molar-refractivity contribution in [3.05, 3.63) is 144 Å². The predicted octanol–water partition coefficient (Wildman–Crippen LogP) is 10.2. The van der Waals surface area contributed by atoms with Gasteiger partial charge in [0.25, 0.3) is 0 Å². The van der Waals surface area contributed by atoms with E-state index in [9.17, 15) is 0 Å². The number of rotatable bonds is 4. The Morgan fingerprint density at radius 1 is 0.356 bits per heavy atom. The van der Waals surface area contributed by atoms with Gasteiger partial charge in [-0.25, -0.2) is 9.97 Å². The zero-order chi connectivity index (χ0) is 30.7. The van der Waals surface area contributed by atoms with Crippen LogP contribution < -0.4 is 0 Å². The quantitative estimate of drug-likeness (QED) is 0.194. The van der Waals surface area contributed by atoms with Crippen LogP contribution in [0.25, 0.3) is 66.1 Å². The normalized spacial score (nSPS) is 12.0. The summed E-state index contributed by atoms with van der Waals surface area (Å²) in [5, 5.41) is 4.42. The van der Waals surface area contributed by atoms with Gasteiger partial charge < -0.3 is 0 Å². The fourth-order valence-corrected chi connectivity index (χ4v) is 6.33. The van der Waals surface area contributed by atoms with Crippen molar-refractivity contribution in [3.8, 4) is 22.5 Å². The van der Waals surface area contributed by atoms with Crippen LogP contribution in [0.1, 0.15) is 36.4 Å². The average molecular weight is 581 g/mol. The van der Waals surface area contributed by atoms with Crippen molar-refractivity contribution in [1.29, 1.82) is 0 Å². The van der Waals surface area contributed by atoms with Gasteiger partial charge in [-0.3, -0.25) is 9.97 Å². The number of hydrogen-bond acceptors (Lipinski definition) is 4. The molecule has 0 aliphatic carbocycles. The van der Waals surface area contributed by atoms with Gasteiger partial charge in [0.1, 0.15) is 0 Å². The SMILES string of the molecule is Cc1ccc2ccc3ccc(-c4ccc(C(C)(C)c5ccc(-c6ccc7ccc8ccc(C)nc8c7n6)cc5)cc4)nc3c2n1. The molecule has 0 aliphatic rings. The molecule has 4 heterocycles. The lowest BCUT2D eigenvalue weighted by Crippen LogP contribution is -2.18. The highest BCUT2D eigenvalue weighted by Gasteiger charge is 2.23. The molecule has 4 nitrogen and oxygen atoms in total. The van der Waals surface area contributed by atoms with Crippen molar-refractivity contribution >= 4 is 43.6 Å². The monoisotopic (exact) mass is 580 g/mol. The van der Waals surface area contributed by atoms with Gasteiger partial charge in [-0.05, 0) is 49.2 Å². The summed E-state index contributed by atoms with van der Waals surface area (Å²) in [6, 6.07) is 42.9. The Morgan fingerprint density at radius 3 is 1.04 bits per heavy atom. The van der Waals surface area contributed by atoms with Crippen molar-refractivity contribution in [2.75, 3.05) is 0 Å². The Bertz CT molecular complexity index is 2240. The summed E-state index contributed by atoms with van der Waals surface area (Å²) in [4.78, 5) is 19.7. The molecule has 0 unspecified atom stereocenters. The molecule has 8 aromatic rings. The summed E-state index contributed by atoms with van der Waals surface area (Å²) < 4.78 is 0. The van der Waals surface area contributed by atoms with E-state index < -0.39 is 0 Å². The van der Waals surface area contributed by atoms with E-state index in [4.69, 9.17) is 19.9 Å². The lowest BCUT2D eigenvalue weighted by Gasteiger charge is -2.26. The third kappa shape index (κ3) is 4.70. The lowest BCUT2D eigenvalue weighted by molar-refractivity contribution is 0.641. The molecule has 45 heavy (non-hydrogen) atoms. The van der Waals surface area contributed by atoms with E-state index >= 15 is 0 Å². The summed E-state index contributed by atoms with van der Waals surface area (Å²) in [5.74, 6) is 0. The third-order valence-electron chi connectivity index (χ3n) is 9.12. The average Bonchev–Trinajstić information content (AvgIpc) is 3.08. The maximum Gasteiger partial charge on any atom is 0.0972 e. The summed E-state index contributed by atoms with van der Waals surface area (Å²) in [6.07, 6.45) is 0.